The van der Waals surface area contributed by atoms with Crippen LogP contribution in [0.3, 0.4) is 0 Å². The second-order valence-corrected chi connectivity index (χ2v) is 8.06. The van der Waals surface area contributed by atoms with Gasteiger partial charge in [-0.1, -0.05) is 52.3 Å². The Labute approximate surface area is 206 Å². The van der Waals surface area contributed by atoms with Crippen LogP contribution in [0.5, 0.6) is 11.5 Å². The molecule has 0 aliphatic rings. The number of methoxy groups -OCH3 is 2. The fourth-order valence-corrected chi connectivity index (χ4v) is 3.42. The van der Waals surface area contributed by atoms with Crippen molar-refractivity contribution in [2.75, 3.05) is 14.2 Å². The van der Waals surface area contributed by atoms with Crippen molar-refractivity contribution in [3.05, 3.63) is 99.7 Å². The Kier molecular flexibility index (Phi) is 8.59. The smallest absolute Gasteiger partial charge is 0.287 e. The van der Waals surface area contributed by atoms with Crippen molar-refractivity contribution in [1.29, 1.82) is 0 Å². The second kappa shape index (κ2) is 11.8. The molecule has 7 nitrogen and oxygen atoms in total. The lowest BCUT2D eigenvalue weighted by atomic mass is 10.1. The van der Waals surface area contributed by atoms with Crippen LogP contribution in [0.2, 0.25) is 0 Å². The van der Waals surface area contributed by atoms with Crippen LogP contribution in [0, 0.1) is 0 Å². The first kappa shape index (κ1) is 24.7. The topological polar surface area (TPSA) is 89.0 Å². The second-order valence-electron chi connectivity index (χ2n) is 7.14. The molecule has 34 heavy (non-hydrogen) atoms. The minimum atomic E-state index is -0.576. The summed E-state index contributed by atoms with van der Waals surface area (Å²) in [6.07, 6.45) is 1.54. The number of hydrogen-bond acceptors (Lipinski definition) is 5. The van der Waals surface area contributed by atoms with E-state index in [4.69, 9.17) is 9.47 Å². The molecule has 0 saturated heterocycles. The standard InChI is InChI=1S/C26H24BrN3O4/c1-17(20-10-7-11-21(27)16-20)29-30-26(32)22(28-25(31)19-8-5-4-6-9-19)14-18-12-13-23(33-2)24(15-18)34-3/h4-16H,1-3H3,(H,28,31)(H,30,32). The predicted molar refractivity (Wildman–Crippen MR) is 136 cm³/mol. The minimum absolute atomic E-state index is 0.0202. The summed E-state index contributed by atoms with van der Waals surface area (Å²) in [4.78, 5) is 25.8. The van der Waals surface area contributed by atoms with Gasteiger partial charge in [-0.2, -0.15) is 5.10 Å². The summed E-state index contributed by atoms with van der Waals surface area (Å²) in [5.41, 5.74) is 5.04. The van der Waals surface area contributed by atoms with Crippen LogP contribution in [0.25, 0.3) is 6.08 Å². The van der Waals surface area contributed by atoms with E-state index < -0.39 is 11.8 Å². The number of hydrazone groups is 1. The molecule has 2 amide bonds. The van der Waals surface area contributed by atoms with Crippen LogP contribution in [-0.2, 0) is 4.79 Å². The SMILES string of the molecule is COc1ccc(C=C(NC(=O)c2ccccc2)C(=O)NN=C(C)c2cccc(Br)c2)cc1OC. The Morgan fingerprint density at radius 1 is 0.882 bits per heavy atom. The molecular formula is C26H24BrN3O4. The third-order valence-corrected chi connectivity index (χ3v) is 5.31. The maximum absolute atomic E-state index is 13.0. The number of amides is 2. The van der Waals surface area contributed by atoms with Crippen LogP contribution in [0.1, 0.15) is 28.4 Å². The zero-order valence-corrected chi connectivity index (χ0v) is 20.5. The molecule has 0 fully saturated rings. The van der Waals surface area contributed by atoms with Crippen LogP contribution in [0.15, 0.2) is 88.1 Å². The van der Waals surface area contributed by atoms with Gasteiger partial charge in [0.15, 0.2) is 11.5 Å². The summed E-state index contributed by atoms with van der Waals surface area (Å²) in [5.74, 6) is 0.0470. The van der Waals surface area contributed by atoms with Gasteiger partial charge in [0.1, 0.15) is 5.70 Å². The fourth-order valence-electron chi connectivity index (χ4n) is 3.02. The number of halogens is 1. The highest BCUT2D eigenvalue weighted by molar-refractivity contribution is 9.10. The zero-order valence-electron chi connectivity index (χ0n) is 19.0. The first-order chi connectivity index (χ1) is 16.4. The molecule has 0 saturated carbocycles. The van der Waals surface area contributed by atoms with E-state index in [0.29, 0.717) is 28.3 Å². The molecule has 0 unspecified atom stereocenters. The van der Waals surface area contributed by atoms with Crippen molar-refractivity contribution in [2.24, 2.45) is 5.10 Å². The highest BCUT2D eigenvalue weighted by Crippen LogP contribution is 2.28. The number of nitrogens with zero attached hydrogens (tertiary/aromatic N) is 1. The molecule has 8 heteroatoms. The Morgan fingerprint density at radius 3 is 2.26 bits per heavy atom. The first-order valence-electron chi connectivity index (χ1n) is 10.3. The number of rotatable bonds is 8. The average Bonchev–Trinajstić information content (AvgIpc) is 2.86. The molecule has 0 heterocycles. The van der Waals surface area contributed by atoms with Crippen molar-refractivity contribution >= 4 is 39.5 Å². The summed E-state index contributed by atoms with van der Waals surface area (Å²) in [6, 6.07) is 21.4. The lowest BCUT2D eigenvalue weighted by molar-refractivity contribution is -0.117. The Bertz CT molecular complexity index is 1240. The normalized spacial score (nSPS) is 11.5. The lowest BCUT2D eigenvalue weighted by Gasteiger charge is -2.11. The molecule has 0 aromatic heterocycles. The Morgan fingerprint density at radius 2 is 1.59 bits per heavy atom. The number of benzene rings is 3. The number of carbonyl (C=O) groups is 2. The van der Waals surface area contributed by atoms with Crippen molar-refractivity contribution in [3.63, 3.8) is 0 Å². The minimum Gasteiger partial charge on any atom is -0.493 e. The van der Waals surface area contributed by atoms with E-state index >= 15 is 0 Å². The number of carbonyl (C=O) groups excluding carboxylic acids is 2. The van der Waals surface area contributed by atoms with Crippen molar-refractivity contribution in [3.8, 4) is 11.5 Å². The molecule has 3 aromatic carbocycles. The highest BCUT2D eigenvalue weighted by Gasteiger charge is 2.15. The average molecular weight is 522 g/mol. The molecule has 0 bridgehead atoms. The van der Waals surface area contributed by atoms with E-state index in [2.05, 4.69) is 31.8 Å². The molecule has 3 rings (SSSR count). The fraction of sp³-hybridized carbons (Fsp3) is 0.115. The molecule has 0 atom stereocenters. The first-order valence-corrected chi connectivity index (χ1v) is 11.1. The predicted octanol–water partition coefficient (Wildman–Crippen LogP) is 4.78. The molecular weight excluding hydrogens is 498 g/mol. The van der Waals surface area contributed by atoms with Gasteiger partial charge >= 0.3 is 0 Å². The van der Waals surface area contributed by atoms with E-state index in [1.54, 1.807) is 55.5 Å². The van der Waals surface area contributed by atoms with Crippen LogP contribution in [0.4, 0.5) is 0 Å². The lowest BCUT2D eigenvalue weighted by Crippen LogP contribution is -2.33. The zero-order chi connectivity index (χ0) is 24.5. The highest BCUT2D eigenvalue weighted by atomic mass is 79.9. The molecule has 0 radical (unpaired) electrons. The number of ether oxygens (including phenoxy) is 2. The van der Waals surface area contributed by atoms with Gasteiger partial charge in [-0.05, 0) is 60.5 Å². The van der Waals surface area contributed by atoms with E-state index in [-0.39, 0.29) is 5.70 Å². The van der Waals surface area contributed by atoms with Crippen LogP contribution >= 0.6 is 15.9 Å². The third kappa shape index (κ3) is 6.55. The molecule has 0 aliphatic heterocycles. The van der Waals surface area contributed by atoms with E-state index in [9.17, 15) is 9.59 Å². The summed E-state index contributed by atoms with van der Waals surface area (Å²) in [7, 11) is 3.06. The quantitative estimate of drug-likeness (QED) is 0.253. The Balaban J connectivity index is 1.90. The van der Waals surface area contributed by atoms with E-state index in [1.807, 2.05) is 30.3 Å². The van der Waals surface area contributed by atoms with Gasteiger partial charge in [0, 0.05) is 10.0 Å². The van der Waals surface area contributed by atoms with Gasteiger partial charge in [0.25, 0.3) is 11.8 Å². The number of hydrogen-bond donors (Lipinski definition) is 2. The van der Waals surface area contributed by atoms with Gasteiger partial charge in [-0.15, -0.1) is 0 Å². The van der Waals surface area contributed by atoms with Crippen LogP contribution in [-0.4, -0.2) is 31.7 Å². The van der Waals surface area contributed by atoms with Crippen molar-refractivity contribution in [2.45, 2.75) is 6.92 Å². The van der Waals surface area contributed by atoms with Gasteiger partial charge in [0.2, 0.25) is 0 Å². The molecule has 3 aromatic rings. The summed E-state index contributed by atoms with van der Waals surface area (Å²) in [6.45, 7) is 1.78. The molecule has 0 aliphatic carbocycles. The summed E-state index contributed by atoms with van der Waals surface area (Å²) < 4.78 is 11.5. The van der Waals surface area contributed by atoms with Gasteiger partial charge < -0.3 is 14.8 Å². The van der Waals surface area contributed by atoms with E-state index in [1.165, 1.54) is 14.2 Å². The van der Waals surface area contributed by atoms with Crippen molar-refractivity contribution < 1.29 is 19.1 Å². The van der Waals surface area contributed by atoms with Crippen molar-refractivity contribution in [1.82, 2.24) is 10.7 Å². The largest absolute Gasteiger partial charge is 0.493 e. The Hall–Kier alpha value is -3.91. The maximum atomic E-state index is 13.0. The summed E-state index contributed by atoms with van der Waals surface area (Å²) in [5, 5.41) is 6.88. The van der Waals surface area contributed by atoms with E-state index in [0.717, 1.165) is 10.0 Å². The maximum Gasteiger partial charge on any atom is 0.287 e. The monoisotopic (exact) mass is 521 g/mol. The number of nitrogens with one attached hydrogen (secondary N) is 2. The molecule has 0 spiro atoms. The third-order valence-electron chi connectivity index (χ3n) is 4.81. The molecule has 174 valence electrons. The summed E-state index contributed by atoms with van der Waals surface area (Å²) >= 11 is 3.42. The van der Waals surface area contributed by atoms with Gasteiger partial charge in [-0.3, -0.25) is 9.59 Å². The van der Waals surface area contributed by atoms with Gasteiger partial charge in [-0.25, -0.2) is 5.43 Å². The van der Waals surface area contributed by atoms with Gasteiger partial charge in [0.05, 0.1) is 19.9 Å². The molecule has 2 N–H and O–H groups in total. The van der Waals surface area contributed by atoms with Crippen LogP contribution < -0.4 is 20.2 Å².